The molecule has 2 aromatic heterocycles. The van der Waals surface area contributed by atoms with Crippen molar-refractivity contribution >= 4 is 11.0 Å². The number of aromatic amines is 2. The number of hydrogen-bond acceptors (Lipinski definition) is 4. The fraction of sp³-hybridized carbons (Fsp3) is 0. The molecule has 3 rings (SSSR count). The molecular weight excluding hydrogens is 244 g/mol. The Balaban J connectivity index is 2.18. The molecule has 0 saturated heterocycles. The van der Waals surface area contributed by atoms with Gasteiger partial charge in [-0.15, -0.1) is 0 Å². The Kier molecular flexibility index (Phi) is 2.32. The number of aromatic nitrogens is 3. The number of fused-ring (bicyclic) bond motifs is 1. The normalized spacial score (nSPS) is 10.5. The zero-order chi connectivity index (χ0) is 13.4. The van der Waals surface area contributed by atoms with Gasteiger partial charge >= 0.3 is 5.69 Å². The Morgan fingerprint density at radius 2 is 2.00 bits per heavy atom. The molecule has 3 aromatic rings. The first kappa shape index (κ1) is 11.0. The van der Waals surface area contributed by atoms with Gasteiger partial charge in [-0.2, -0.15) is 5.26 Å². The summed E-state index contributed by atoms with van der Waals surface area (Å²) >= 11 is 0. The predicted molar refractivity (Wildman–Crippen MR) is 68.5 cm³/mol. The van der Waals surface area contributed by atoms with E-state index in [0.717, 1.165) is 5.56 Å². The van der Waals surface area contributed by atoms with Gasteiger partial charge in [-0.25, -0.2) is 4.79 Å². The van der Waals surface area contributed by atoms with Gasteiger partial charge in [0, 0.05) is 5.56 Å². The summed E-state index contributed by atoms with van der Waals surface area (Å²) in [6, 6.07) is 8.69. The van der Waals surface area contributed by atoms with Crippen molar-refractivity contribution in [3.8, 4) is 23.1 Å². The highest BCUT2D eigenvalue weighted by Crippen LogP contribution is 2.24. The van der Waals surface area contributed by atoms with E-state index in [1.807, 2.05) is 6.07 Å². The fourth-order valence-corrected chi connectivity index (χ4v) is 1.89. The van der Waals surface area contributed by atoms with Gasteiger partial charge in [0.2, 0.25) is 0 Å². The third-order valence-corrected chi connectivity index (χ3v) is 2.82. The molecular formula is C13H8N4O2. The molecule has 0 aliphatic heterocycles. The second-order valence-electron chi connectivity index (χ2n) is 4.04. The second kappa shape index (κ2) is 3.99. The number of aromatic hydroxyl groups is 1. The number of nitrogens with one attached hydrogen (secondary N) is 2. The van der Waals surface area contributed by atoms with Crippen molar-refractivity contribution in [1.29, 1.82) is 5.26 Å². The Morgan fingerprint density at radius 1 is 1.21 bits per heavy atom. The third-order valence-electron chi connectivity index (χ3n) is 2.82. The number of hydrogen-bond donors (Lipinski definition) is 3. The van der Waals surface area contributed by atoms with Crippen molar-refractivity contribution < 1.29 is 5.11 Å². The molecule has 2 heterocycles. The zero-order valence-corrected chi connectivity index (χ0v) is 9.64. The maximum atomic E-state index is 11.2. The fourth-order valence-electron chi connectivity index (χ4n) is 1.89. The third kappa shape index (κ3) is 1.83. The summed E-state index contributed by atoms with van der Waals surface area (Å²) in [6.07, 6.45) is 1.23. The monoisotopic (exact) mass is 252 g/mol. The van der Waals surface area contributed by atoms with Crippen LogP contribution in [0.3, 0.4) is 0 Å². The summed E-state index contributed by atoms with van der Waals surface area (Å²) in [4.78, 5) is 20.5. The minimum Gasteiger partial charge on any atom is -0.505 e. The molecule has 0 atom stereocenters. The van der Waals surface area contributed by atoms with E-state index in [4.69, 9.17) is 5.26 Å². The lowest BCUT2D eigenvalue weighted by Crippen LogP contribution is -1.99. The maximum absolute atomic E-state index is 11.2. The summed E-state index contributed by atoms with van der Waals surface area (Å²) in [6.45, 7) is 0. The van der Waals surface area contributed by atoms with Gasteiger partial charge in [-0.3, -0.25) is 4.98 Å². The number of nitrogens with zero attached hydrogens (tertiary/aromatic N) is 2. The van der Waals surface area contributed by atoms with Crippen molar-refractivity contribution in [3.05, 3.63) is 46.5 Å². The first-order valence-electron chi connectivity index (χ1n) is 5.49. The minimum absolute atomic E-state index is 0.151. The molecule has 0 aliphatic carbocycles. The lowest BCUT2D eigenvalue weighted by molar-refractivity contribution is 0.471. The van der Waals surface area contributed by atoms with Crippen molar-refractivity contribution in [2.45, 2.75) is 0 Å². The van der Waals surface area contributed by atoms with Crippen LogP contribution >= 0.6 is 0 Å². The first-order valence-corrected chi connectivity index (χ1v) is 5.49. The summed E-state index contributed by atoms with van der Waals surface area (Å²) in [5.41, 5.74) is 2.55. The van der Waals surface area contributed by atoms with Gasteiger partial charge in [0.15, 0.2) is 5.75 Å². The van der Waals surface area contributed by atoms with E-state index < -0.39 is 0 Å². The summed E-state index contributed by atoms with van der Waals surface area (Å²) in [7, 11) is 0. The first-order chi connectivity index (χ1) is 9.17. The van der Waals surface area contributed by atoms with Crippen molar-refractivity contribution in [3.63, 3.8) is 0 Å². The number of nitriles is 1. The quantitative estimate of drug-likeness (QED) is 0.610. The van der Waals surface area contributed by atoms with Crippen LogP contribution in [0, 0.1) is 11.3 Å². The topological polar surface area (TPSA) is 106 Å². The molecule has 6 nitrogen and oxygen atoms in total. The second-order valence-corrected chi connectivity index (χ2v) is 4.04. The van der Waals surface area contributed by atoms with Gasteiger partial charge in [0.05, 0.1) is 28.5 Å². The highest BCUT2D eigenvalue weighted by atomic mass is 16.3. The molecule has 0 spiro atoms. The van der Waals surface area contributed by atoms with Crippen LogP contribution in [0.5, 0.6) is 5.75 Å². The SMILES string of the molecule is N#Cc1cc(-c2ccc3[nH]c(=O)[nH]c3c2)ncc1O. The van der Waals surface area contributed by atoms with Crippen LogP contribution in [0.15, 0.2) is 35.3 Å². The van der Waals surface area contributed by atoms with Crippen LogP contribution in [0.1, 0.15) is 5.56 Å². The van der Waals surface area contributed by atoms with Crippen molar-refractivity contribution in [2.24, 2.45) is 0 Å². The van der Waals surface area contributed by atoms with Crippen molar-refractivity contribution in [1.82, 2.24) is 15.0 Å². The Morgan fingerprint density at radius 3 is 2.79 bits per heavy atom. The number of H-pyrrole nitrogens is 2. The van der Waals surface area contributed by atoms with Gasteiger partial charge in [-0.05, 0) is 18.2 Å². The number of benzene rings is 1. The van der Waals surface area contributed by atoms with Crippen LogP contribution in [-0.4, -0.2) is 20.1 Å². The van der Waals surface area contributed by atoms with E-state index >= 15 is 0 Å². The Labute approximate surface area is 107 Å². The van der Waals surface area contributed by atoms with Crippen LogP contribution in [0.2, 0.25) is 0 Å². The smallest absolute Gasteiger partial charge is 0.323 e. The summed E-state index contributed by atoms with van der Waals surface area (Å²) < 4.78 is 0. The molecule has 0 unspecified atom stereocenters. The standard InChI is InChI=1S/C13H8N4O2/c14-5-8-4-10(15-6-12(8)18)7-1-2-9-11(3-7)17-13(19)16-9/h1-4,6,18H,(H2,16,17,19). The number of rotatable bonds is 1. The van der Waals surface area contributed by atoms with Gasteiger partial charge in [0.25, 0.3) is 0 Å². The van der Waals surface area contributed by atoms with E-state index in [9.17, 15) is 9.90 Å². The molecule has 1 aromatic carbocycles. The van der Waals surface area contributed by atoms with Gasteiger partial charge < -0.3 is 15.1 Å². The molecule has 6 heteroatoms. The zero-order valence-electron chi connectivity index (χ0n) is 9.64. The maximum Gasteiger partial charge on any atom is 0.323 e. The average Bonchev–Trinajstić information content (AvgIpc) is 2.78. The molecule has 0 bridgehead atoms. The van der Waals surface area contributed by atoms with E-state index in [1.54, 1.807) is 18.2 Å². The highest BCUT2D eigenvalue weighted by Gasteiger charge is 2.07. The van der Waals surface area contributed by atoms with Gasteiger partial charge in [-0.1, -0.05) is 6.07 Å². The van der Waals surface area contributed by atoms with Crippen LogP contribution in [0.25, 0.3) is 22.3 Å². The minimum atomic E-state index is -0.275. The number of imidazole rings is 1. The molecule has 92 valence electrons. The molecule has 0 amide bonds. The van der Waals surface area contributed by atoms with Gasteiger partial charge in [0.1, 0.15) is 6.07 Å². The molecule has 3 N–H and O–H groups in total. The summed E-state index contributed by atoms with van der Waals surface area (Å²) in [5, 5.41) is 18.3. The van der Waals surface area contributed by atoms with Crippen LogP contribution in [-0.2, 0) is 0 Å². The van der Waals surface area contributed by atoms with Crippen LogP contribution < -0.4 is 5.69 Å². The highest BCUT2D eigenvalue weighted by molar-refractivity contribution is 5.80. The summed E-state index contributed by atoms with van der Waals surface area (Å²) in [5.74, 6) is -0.151. The average molecular weight is 252 g/mol. The molecule has 0 fully saturated rings. The van der Waals surface area contributed by atoms with E-state index in [2.05, 4.69) is 15.0 Å². The van der Waals surface area contributed by atoms with Crippen LogP contribution in [0.4, 0.5) is 0 Å². The Hall–Kier alpha value is -3.07. The molecule has 0 saturated carbocycles. The lowest BCUT2D eigenvalue weighted by atomic mass is 10.1. The molecule has 0 aliphatic rings. The predicted octanol–water partition coefficient (Wildman–Crippen LogP) is 1.50. The largest absolute Gasteiger partial charge is 0.505 e. The molecule has 19 heavy (non-hydrogen) atoms. The van der Waals surface area contributed by atoms with Crippen molar-refractivity contribution in [2.75, 3.05) is 0 Å². The lowest BCUT2D eigenvalue weighted by Gasteiger charge is -2.02. The van der Waals surface area contributed by atoms with E-state index in [-0.39, 0.29) is 17.0 Å². The number of pyridine rings is 1. The Bertz CT molecular complexity index is 870. The van der Waals surface area contributed by atoms with E-state index in [1.165, 1.54) is 12.3 Å². The van der Waals surface area contributed by atoms with E-state index in [0.29, 0.717) is 16.7 Å². The molecule has 0 radical (unpaired) electrons.